The molecule has 3 rings (SSSR count). The Hall–Kier alpha value is -2.14. The van der Waals surface area contributed by atoms with Crippen LogP contribution in [0.4, 0.5) is 0 Å². The van der Waals surface area contributed by atoms with Gasteiger partial charge >= 0.3 is 0 Å². The summed E-state index contributed by atoms with van der Waals surface area (Å²) in [4.78, 5) is 26.0. The predicted octanol–water partition coefficient (Wildman–Crippen LogP) is 3.57. The van der Waals surface area contributed by atoms with Crippen molar-refractivity contribution in [2.24, 2.45) is 0 Å². The number of ether oxygens (including phenoxy) is 2. The van der Waals surface area contributed by atoms with E-state index in [1.165, 1.54) is 17.1 Å². The van der Waals surface area contributed by atoms with Gasteiger partial charge in [0.25, 0.3) is 11.8 Å². The highest BCUT2D eigenvalue weighted by atomic mass is 16.5. The lowest BCUT2D eigenvalue weighted by atomic mass is 10.0. The molecule has 1 aliphatic heterocycles. The van der Waals surface area contributed by atoms with Crippen molar-refractivity contribution >= 4 is 11.8 Å². The molecule has 1 aliphatic carbocycles. The summed E-state index contributed by atoms with van der Waals surface area (Å²) < 4.78 is 12.4. The van der Waals surface area contributed by atoms with Crippen molar-refractivity contribution in [2.45, 2.75) is 71.3 Å². The number of benzene rings is 1. The summed E-state index contributed by atoms with van der Waals surface area (Å²) in [6.45, 7) is 11.9. The van der Waals surface area contributed by atoms with Crippen molar-refractivity contribution in [3.8, 4) is 5.75 Å². The minimum absolute atomic E-state index is 0.294. The van der Waals surface area contributed by atoms with Crippen LogP contribution in [0.15, 0.2) is 30.4 Å². The number of nitrogens with zero attached hydrogens (tertiary/aromatic N) is 1. The molecular formula is C21H27NO4. The molecule has 0 N–H and O–H groups in total. The SMILES string of the molecule is CC(C)(C)Oc1cccc2c1C[C@H](OC(C)(C)C)[C@H]2N1C(=O)C=CC1=O. The van der Waals surface area contributed by atoms with Crippen molar-refractivity contribution in [2.75, 3.05) is 0 Å². The molecule has 0 bridgehead atoms. The monoisotopic (exact) mass is 357 g/mol. The average molecular weight is 357 g/mol. The van der Waals surface area contributed by atoms with E-state index in [9.17, 15) is 9.59 Å². The molecule has 2 amide bonds. The van der Waals surface area contributed by atoms with Gasteiger partial charge in [-0.25, -0.2) is 0 Å². The van der Waals surface area contributed by atoms with Crippen LogP contribution in [0.2, 0.25) is 0 Å². The maximum Gasteiger partial charge on any atom is 0.254 e. The van der Waals surface area contributed by atoms with E-state index in [2.05, 4.69) is 0 Å². The van der Waals surface area contributed by atoms with Gasteiger partial charge in [-0.2, -0.15) is 0 Å². The van der Waals surface area contributed by atoms with E-state index >= 15 is 0 Å². The van der Waals surface area contributed by atoms with Crippen molar-refractivity contribution in [1.29, 1.82) is 0 Å². The Labute approximate surface area is 155 Å². The number of hydrogen-bond acceptors (Lipinski definition) is 4. The Kier molecular flexibility index (Phi) is 4.47. The third-order valence-electron chi connectivity index (χ3n) is 4.29. The second kappa shape index (κ2) is 6.23. The van der Waals surface area contributed by atoms with Gasteiger partial charge < -0.3 is 9.47 Å². The fourth-order valence-electron chi connectivity index (χ4n) is 3.57. The number of rotatable bonds is 3. The van der Waals surface area contributed by atoms with Gasteiger partial charge in [-0.3, -0.25) is 14.5 Å². The highest BCUT2D eigenvalue weighted by Gasteiger charge is 2.45. The van der Waals surface area contributed by atoms with Crippen LogP contribution in [0.3, 0.4) is 0 Å². The first-order valence-electron chi connectivity index (χ1n) is 9.00. The summed E-state index contributed by atoms with van der Waals surface area (Å²) in [6.07, 6.45) is 2.94. The van der Waals surface area contributed by atoms with Crippen molar-refractivity contribution in [3.05, 3.63) is 41.5 Å². The lowest BCUT2D eigenvalue weighted by Crippen LogP contribution is -2.42. The highest BCUT2D eigenvalue weighted by molar-refractivity contribution is 6.13. The third kappa shape index (κ3) is 3.68. The molecule has 140 valence electrons. The first-order chi connectivity index (χ1) is 12.0. The van der Waals surface area contributed by atoms with Crippen LogP contribution in [0.5, 0.6) is 5.75 Å². The summed E-state index contributed by atoms with van der Waals surface area (Å²) >= 11 is 0. The zero-order chi connectivity index (χ0) is 19.3. The summed E-state index contributed by atoms with van der Waals surface area (Å²) in [5.74, 6) is 0.196. The van der Waals surface area contributed by atoms with E-state index in [1.54, 1.807) is 0 Å². The minimum Gasteiger partial charge on any atom is -0.488 e. The van der Waals surface area contributed by atoms with Gasteiger partial charge in [-0.15, -0.1) is 0 Å². The fraction of sp³-hybridized carbons (Fsp3) is 0.524. The van der Waals surface area contributed by atoms with Gasteiger partial charge in [0, 0.05) is 24.1 Å². The molecule has 1 aromatic carbocycles. The molecule has 1 aromatic rings. The summed E-state index contributed by atoms with van der Waals surface area (Å²) in [7, 11) is 0. The molecule has 0 unspecified atom stereocenters. The van der Waals surface area contributed by atoms with Gasteiger partial charge in [0.2, 0.25) is 0 Å². The van der Waals surface area contributed by atoms with Crippen molar-refractivity contribution in [1.82, 2.24) is 4.90 Å². The topological polar surface area (TPSA) is 55.8 Å². The van der Waals surface area contributed by atoms with Gasteiger partial charge in [0.05, 0.1) is 17.7 Å². The van der Waals surface area contributed by atoms with Crippen LogP contribution >= 0.6 is 0 Å². The highest BCUT2D eigenvalue weighted by Crippen LogP contribution is 2.44. The molecule has 0 saturated heterocycles. The van der Waals surface area contributed by atoms with Crippen LogP contribution < -0.4 is 4.74 Å². The van der Waals surface area contributed by atoms with Crippen LogP contribution in [-0.4, -0.2) is 34.0 Å². The Bertz CT molecular complexity index is 749. The Morgan fingerprint density at radius 1 is 0.962 bits per heavy atom. The largest absolute Gasteiger partial charge is 0.488 e. The van der Waals surface area contributed by atoms with Crippen molar-refractivity contribution < 1.29 is 19.1 Å². The quantitative estimate of drug-likeness (QED) is 0.776. The molecule has 0 spiro atoms. The standard InChI is InChI=1S/C21H27NO4/c1-20(2,3)25-15-9-7-8-13-14(15)12-16(26-21(4,5)6)19(13)22-17(23)10-11-18(22)24/h7-11,16,19H,12H2,1-6H3/t16-,19-/m0/s1. The molecule has 5 nitrogen and oxygen atoms in total. The minimum atomic E-state index is -0.442. The van der Waals surface area contributed by atoms with Gasteiger partial charge in [0.1, 0.15) is 11.4 Å². The zero-order valence-corrected chi connectivity index (χ0v) is 16.3. The summed E-state index contributed by atoms with van der Waals surface area (Å²) in [6, 6.07) is 5.36. The Balaban J connectivity index is 2.05. The molecule has 1 heterocycles. The molecule has 0 aromatic heterocycles. The van der Waals surface area contributed by atoms with Gasteiger partial charge in [0.15, 0.2) is 0 Å². The Morgan fingerprint density at radius 2 is 1.58 bits per heavy atom. The van der Waals surface area contributed by atoms with E-state index in [1.807, 2.05) is 59.7 Å². The second-order valence-electron chi connectivity index (χ2n) is 8.84. The van der Waals surface area contributed by atoms with E-state index < -0.39 is 11.6 Å². The van der Waals surface area contributed by atoms with Crippen LogP contribution in [0.25, 0.3) is 0 Å². The summed E-state index contributed by atoms with van der Waals surface area (Å²) in [5, 5.41) is 0. The molecule has 2 atom stereocenters. The normalized spacial score (nSPS) is 22.9. The number of amides is 2. The van der Waals surface area contributed by atoms with Crippen LogP contribution in [0.1, 0.15) is 58.7 Å². The smallest absolute Gasteiger partial charge is 0.254 e. The number of fused-ring (bicyclic) bond motifs is 1. The fourth-order valence-corrected chi connectivity index (χ4v) is 3.57. The molecule has 26 heavy (non-hydrogen) atoms. The molecule has 2 aliphatic rings. The van der Waals surface area contributed by atoms with Crippen LogP contribution in [0, 0.1) is 0 Å². The average Bonchev–Trinajstić information content (AvgIpc) is 2.97. The number of carbonyl (C=O) groups excluding carboxylic acids is 2. The zero-order valence-electron chi connectivity index (χ0n) is 16.3. The van der Waals surface area contributed by atoms with Crippen molar-refractivity contribution in [3.63, 3.8) is 0 Å². The molecular weight excluding hydrogens is 330 g/mol. The first kappa shape index (κ1) is 18.6. The number of hydrogen-bond donors (Lipinski definition) is 0. The lowest BCUT2D eigenvalue weighted by Gasteiger charge is -2.33. The Morgan fingerprint density at radius 3 is 2.12 bits per heavy atom. The molecule has 0 saturated carbocycles. The van der Waals surface area contributed by atoms with E-state index in [0.29, 0.717) is 6.42 Å². The molecule has 5 heteroatoms. The summed E-state index contributed by atoms with van der Waals surface area (Å²) in [5.41, 5.74) is 1.20. The lowest BCUT2D eigenvalue weighted by molar-refractivity contribution is -0.148. The van der Waals surface area contributed by atoms with Crippen LogP contribution in [-0.2, 0) is 20.7 Å². The van der Waals surface area contributed by atoms with Gasteiger partial charge in [-0.1, -0.05) is 12.1 Å². The maximum atomic E-state index is 12.3. The predicted molar refractivity (Wildman–Crippen MR) is 98.9 cm³/mol. The van der Waals surface area contributed by atoms with E-state index in [4.69, 9.17) is 9.47 Å². The van der Waals surface area contributed by atoms with Gasteiger partial charge in [-0.05, 0) is 53.2 Å². The number of carbonyl (C=O) groups is 2. The maximum absolute atomic E-state index is 12.3. The van der Waals surface area contributed by atoms with E-state index in [0.717, 1.165) is 16.9 Å². The van der Waals surface area contributed by atoms with E-state index in [-0.39, 0.29) is 23.5 Å². The second-order valence-corrected chi connectivity index (χ2v) is 8.84. The third-order valence-corrected chi connectivity index (χ3v) is 4.29. The first-order valence-corrected chi connectivity index (χ1v) is 9.00. The molecule has 0 fully saturated rings. The molecule has 0 radical (unpaired) electrons. The number of imide groups is 1.